The van der Waals surface area contributed by atoms with Crippen molar-refractivity contribution in [3.8, 4) is 5.75 Å². The van der Waals surface area contributed by atoms with Gasteiger partial charge in [0.25, 0.3) is 0 Å². The number of nitrogen functional groups attached to an aromatic ring is 2. The van der Waals surface area contributed by atoms with E-state index >= 15 is 0 Å². The lowest BCUT2D eigenvalue weighted by Crippen LogP contribution is -2.22. The fourth-order valence-electron chi connectivity index (χ4n) is 2.21. The third kappa shape index (κ3) is 3.52. The summed E-state index contributed by atoms with van der Waals surface area (Å²) in [6, 6.07) is 14.3. The van der Waals surface area contributed by atoms with Crippen molar-refractivity contribution in [1.29, 1.82) is 0 Å². The molecule has 0 aromatic heterocycles. The summed E-state index contributed by atoms with van der Waals surface area (Å²) in [6.45, 7) is 0.590. The first-order valence-corrected chi connectivity index (χ1v) is 7.20. The minimum atomic E-state index is -0.386. The number of carbonyl (C=O) groups excluding carboxylic acids is 1. The second-order valence-electron chi connectivity index (χ2n) is 5.18. The molecule has 0 radical (unpaired) electrons. The van der Waals surface area contributed by atoms with Crippen LogP contribution >= 0.6 is 0 Å². The summed E-state index contributed by atoms with van der Waals surface area (Å²) in [7, 11) is 0. The van der Waals surface area contributed by atoms with Gasteiger partial charge in [0.15, 0.2) is 0 Å². The molecular weight excluding hydrogens is 290 g/mol. The maximum absolute atomic E-state index is 12.1. The van der Waals surface area contributed by atoms with Crippen LogP contribution < -0.4 is 21.1 Å². The SMILES string of the molecule is Nc1ccc(OC(=O)C2=CCN(c3ccc(N)cc3)C=C2)cc1. The maximum Gasteiger partial charge on any atom is 0.343 e. The number of hydrogen-bond donors (Lipinski definition) is 2. The van der Waals surface area contributed by atoms with Crippen LogP contribution in [0.15, 0.2) is 72.5 Å². The molecule has 0 saturated carbocycles. The number of ether oxygens (including phenoxy) is 1. The zero-order valence-corrected chi connectivity index (χ0v) is 12.5. The number of esters is 1. The predicted molar refractivity (Wildman–Crippen MR) is 91.9 cm³/mol. The van der Waals surface area contributed by atoms with Crippen molar-refractivity contribution in [3.63, 3.8) is 0 Å². The predicted octanol–water partition coefficient (Wildman–Crippen LogP) is 2.72. The molecule has 5 heteroatoms. The van der Waals surface area contributed by atoms with Crippen molar-refractivity contribution in [2.24, 2.45) is 0 Å². The van der Waals surface area contributed by atoms with Crippen molar-refractivity contribution >= 4 is 23.0 Å². The van der Waals surface area contributed by atoms with Gasteiger partial charge in [-0.15, -0.1) is 0 Å². The zero-order valence-electron chi connectivity index (χ0n) is 12.5. The summed E-state index contributed by atoms with van der Waals surface area (Å²) in [6.07, 6.45) is 5.42. The summed E-state index contributed by atoms with van der Waals surface area (Å²) >= 11 is 0. The van der Waals surface area contributed by atoms with Gasteiger partial charge in [-0.1, -0.05) is 6.08 Å². The van der Waals surface area contributed by atoms with E-state index in [-0.39, 0.29) is 5.97 Å². The highest BCUT2D eigenvalue weighted by Crippen LogP contribution is 2.21. The average Bonchev–Trinajstić information content (AvgIpc) is 2.58. The minimum Gasteiger partial charge on any atom is -0.423 e. The number of nitrogens with two attached hydrogens (primary N) is 2. The van der Waals surface area contributed by atoms with Crippen molar-refractivity contribution in [2.75, 3.05) is 22.9 Å². The molecule has 0 amide bonds. The van der Waals surface area contributed by atoms with E-state index < -0.39 is 0 Å². The molecule has 0 fully saturated rings. The Bertz CT molecular complexity index is 762. The van der Waals surface area contributed by atoms with Gasteiger partial charge >= 0.3 is 5.97 Å². The van der Waals surface area contributed by atoms with Crippen LogP contribution in [0, 0.1) is 0 Å². The highest BCUT2D eigenvalue weighted by atomic mass is 16.5. The molecule has 0 atom stereocenters. The fourth-order valence-corrected chi connectivity index (χ4v) is 2.21. The van der Waals surface area contributed by atoms with E-state index in [1.165, 1.54) is 0 Å². The lowest BCUT2D eigenvalue weighted by atomic mass is 10.1. The molecule has 1 aliphatic heterocycles. The van der Waals surface area contributed by atoms with Gasteiger partial charge in [-0.3, -0.25) is 0 Å². The van der Waals surface area contributed by atoms with Crippen LogP contribution in [0.4, 0.5) is 17.1 Å². The van der Waals surface area contributed by atoms with E-state index in [2.05, 4.69) is 0 Å². The van der Waals surface area contributed by atoms with Crippen molar-refractivity contribution < 1.29 is 9.53 Å². The van der Waals surface area contributed by atoms with Crippen LogP contribution in [0.2, 0.25) is 0 Å². The van der Waals surface area contributed by atoms with Gasteiger partial charge in [0, 0.05) is 29.8 Å². The molecule has 5 nitrogen and oxygen atoms in total. The summed E-state index contributed by atoms with van der Waals surface area (Å²) in [5.41, 5.74) is 14.2. The van der Waals surface area contributed by atoms with Gasteiger partial charge < -0.3 is 21.1 Å². The monoisotopic (exact) mass is 307 g/mol. The van der Waals surface area contributed by atoms with E-state index in [4.69, 9.17) is 16.2 Å². The first-order chi connectivity index (χ1) is 11.1. The van der Waals surface area contributed by atoms with Crippen LogP contribution in [-0.2, 0) is 4.79 Å². The molecule has 1 heterocycles. The highest BCUT2D eigenvalue weighted by molar-refractivity contribution is 5.93. The molecule has 1 aliphatic rings. The average molecular weight is 307 g/mol. The Hall–Kier alpha value is -3.21. The molecule has 3 rings (SSSR count). The van der Waals surface area contributed by atoms with E-state index in [9.17, 15) is 4.79 Å². The maximum atomic E-state index is 12.1. The Balaban J connectivity index is 1.64. The quantitative estimate of drug-likeness (QED) is 0.517. The molecule has 2 aromatic rings. The molecule has 2 aromatic carbocycles. The van der Waals surface area contributed by atoms with Gasteiger partial charge in [0.2, 0.25) is 0 Å². The van der Waals surface area contributed by atoms with Crippen molar-refractivity contribution in [1.82, 2.24) is 0 Å². The molecule has 0 unspecified atom stereocenters. The standard InChI is InChI=1S/C18H17N3O2/c19-14-1-5-16(6-2-14)21-11-9-13(10-12-21)18(22)23-17-7-3-15(20)4-8-17/h1-11H,12,19-20H2. The summed E-state index contributed by atoms with van der Waals surface area (Å²) in [5, 5.41) is 0. The summed E-state index contributed by atoms with van der Waals surface area (Å²) in [4.78, 5) is 14.1. The Morgan fingerprint density at radius 1 is 0.957 bits per heavy atom. The van der Waals surface area contributed by atoms with Gasteiger partial charge in [-0.25, -0.2) is 4.79 Å². The number of anilines is 3. The third-order valence-electron chi connectivity index (χ3n) is 3.49. The lowest BCUT2D eigenvalue weighted by molar-refractivity contribution is -0.129. The Labute approximate surface area is 134 Å². The third-order valence-corrected chi connectivity index (χ3v) is 3.49. The van der Waals surface area contributed by atoms with E-state index in [0.717, 1.165) is 11.4 Å². The molecule has 0 bridgehead atoms. The molecule has 23 heavy (non-hydrogen) atoms. The number of nitrogens with zero attached hydrogens (tertiary/aromatic N) is 1. The second-order valence-corrected chi connectivity index (χ2v) is 5.18. The van der Waals surface area contributed by atoms with Crippen LogP contribution in [0.1, 0.15) is 0 Å². The van der Waals surface area contributed by atoms with E-state index in [1.54, 1.807) is 30.3 Å². The Morgan fingerprint density at radius 2 is 1.57 bits per heavy atom. The van der Waals surface area contributed by atoms with Gasteiger partial charge in [-0.05, 0) is 54.6 Å². The number of rotatable bonds is 3. The Morgan fingerprint density at radius 3 is 2.13 bits per heavy atom. The highest BCUT2D eigenvalue weighted by Gasteiger charge is 2.14. The molecular formula is C18H17N3O2. The Kier molecular flexibility index (Phi) is 4.01. The molecule has 0 aliphatic carbocycles. The van der Waals surface area contributed by atoms with Crippen LogP contribution in [0.25, 0.3) is 0 Å². The molecule has 0 spiro atoms. The summed E-state index contributed by atoms with van der Waals surface area (Å²) in [5.74, 6) is 0.0856. The van der Waals surface area contributed by atoms with Crippen molar-refractivity contribution in [3.05, 3.63) is 72.5 Å². The molecule has 4 N–H and O–H groups in total. The van der Waals surface area contributed by atoms with Crippen LogP contribution in [0.3, 0.4) is 0 Å². The van der Waals surface area contributed by atoms with Gasteiger partial charge in [0.05, 0.1) is 5.57 Å². The first kappa shape index (κ1) is 14.7. The number of hydrogen-bond acceptors (Lipinski definition) is 5. The van der Waals surface area contributed by atoms with E-state index in [0.29, 0.717) is 23.6 Å². The molecule has 116 valence electrons. The number of carbonyl (C=O) groups is 1. The van der Waals surface area contributed by atoms with Crippen molar-refractivity contribution in [2.45, 2.75) is 0 Å². The molecule has 0 saturated heterocycles. The van der Waals surface area contributed by atoms with Gasteiger partial charge in [0.1, 0.15) is 5.75 Å². The van der Waals surface area contributed by atoms with Crippen LogP contribution in [0.5, 0.6) is 5.75 Å². The lowest BCUT2D eigenvalue weighted by Gasteiger charge is -2.22. The smallest absolute Gasteiger partial charge is 0.343 e. The fraction of sp³-hybridized carbons (Fsp3) is 0.0556. The van der Waals surface area contributed by atoms with E-state index in [1.807, 2.05) is 41.4 Å². The largest absolute Gasteiger partial charge is 0.423 e. The number of benzene rings is 2. The first-order valence-electron chi connectivity index (χ1n) is 7.20. The minimum absolute atomic E-state index is 0.386. The summed E-state index contributed by atoms with van der Waals surface area (Å²) < 4.78 is 5.32. The topological polar surface area (TPSA) is 81.6 Å². The normalized spacial score (nSPS) is 13.6. The zero-order chi connectivity index (χ0) is 16.2. The second kappa shape index (κ2) is 6.27. The van der Waals surface area contributed by atoms with Crippen LogP contribution in [-0.4, -0.2) is 12.5 Å². The van der Waals surface area contributed by atoms with Gasteiger partial charge in [-0.2, -0.15) is 0 Å².